The molecule has 0 aromatic heterocycles. The summed E-state index contributed by atoms with van der Waals surface area (Å²) >= 11 is 0. The van der Waals surface area contributed by atoms with Crippen LogP contribution in [0.3, 0.4) is 0 Å². The standard InChI is InChI=1S/C19H29F3N4.HI/c1-23-18(24-11-3-4-12-26-13-5-6-14-26)25(2)15-16-7-9-17(10-8-16)19(20,21)22;/h7-10H,3-6,11-15H2,1-2H3,(H,23,24);1H. The molecule has 0 radical (unpaired) electrons. The van der Waals surface area contributed by atoms with Gasteiger partial charge in [-0.1, -0.05) is 12.1 Å². The van der Waals surface area contributed by atoms with E-state index in [4.69, 9.17) is 0 Å². The van der Waals surface area contributed by atoms with Crippen molar-refractivity contribution in [2.24, 2.45) is 4.99 Å². The summed E-state index contributed by atoms with van der Waals surface area (Å²) < 4.78 is 37.9. The first-order valence-electron chi connectivity index (χ1n) is 9.20. The molecule has 1 fully saturated rings. The predicted octanol–water partition coefficient (Wildman–Crippen LogP) is 4.21. The molecule has 0 saturated carbocycles. The lowest BCUT2D eigenvalue weighted by Gasteiger charge is -2.22. The van der Waals surface area contributed by atoms with Gasteiger partial charge in [0.25, 0.3) is 0 Å². The van der Waals surface area contributed by atoms with Crippen molar-refractivity contribution < 1.29 is 13.2 Å². The van der Waals surface area contributed by atoms with Gasteiger partial charge in [-0.2, -0.15) is 13.2 Å². The summed E-state index contributed by atoms with van der Waals surface area (Å²) in [4.78, 5) is 8.68. The number of nitrogens with zero attached hydrogens (tertiary/aromatic N) is 3. The van der Waals surface area contributed by atoms with E-state index < -0.39 is 11.7 Å². The molecule has 1 aromatic rings. The molecule has 1 aliphatic heterocycles. The highest BCUT2D eigenvalue weighted by Gasteiger charge is 2.29. The van der Waals surface area contributed by atoms with Crippen molar-refractivity contribution in [3.63, 3.8) is 0 Å². The number of unbranched alkanes of at least 4 members (excludes halogenated alkanes) is 1. The minimum Gasteiger partial charge on any atom is -0.356 e. The van der Waals surface area contributed by atoms with Crippen molar-refractivity contribution in [2.75, 3.05) is 40.3 Å². The van der Waals surface area contributed by atoms with Gasteiger partial charge in [-0.25, -0.2) is 0 Å². The van der Waals surface area contributed by atoms with E-state index in [1.165, 1.54) is 38.1 Å². The zero-order valence-corrected chi connectivity index (χ0v) is 18.4. The smallest absolute Gasteiger partial charge is 0.356 e. The van der Waals surface area contributed by atoms with Gasteiger partial charge in [-0.15, -0.1) is 24.0 Å². The Morgan fingerprint density at radius 1 is 1.15 bits per heavy atom. The molecule has 0 atom stereocenters. The van der Waals surface area contributed by atoms with Gasteiger partial charge in [0, 0.05) is 27.2 Å². The Morgan fingerprint density at radius 2 is 1.78 bits per heavy atom. The summed E-state index contributed by atoms with van der Waals surface area (Å²) in [6, 6.07) is 5.28. The Labute approximate surface area is 177 Å². The topological polar surface area (TPSA) is 30.9 Å². The quantitative estimate of drug-likeness (QED) is 0.265. The normalized spacial score (nSPS) is 15.5. The molecule has 1 heterocycles. The maximum atomic E-state index is 12.6. The van der Waals surface area contributed by atoms with E-state index in [9.17, 15) is 13.2 Å². The van der Waals surface area contributed by atoms with Crippen molar-refractivity contribution in [2.45, 2.75) is 38.4 Å². The van der Waals surface area contributed by atoms with Crippen molar-refractivity contribution in [3.05, 3.63) is 35.4 Å². The first-order valence-corrected chi connectivity index (χ1v) is 9.20. The summed E-state index contributed by atoms with van der Waals surface area (Å²) in [6.07, 6.45) is 0.576. The first kappa shape index (κ1) is 24.0. The van der Waals surface area contributed by atoms with E-state index in [1.54, 1.807) is 7.05 Å². The highest BCUT2D eigenvalue weighted by atomic mass is 127. The largest absolute Gasteiger partial charge is 0.416 e. The Morgan fingerprint density at radius 3 is 2.33 bits per heavy atom. The van der Waals surface area contributed by atoms with Crippen LogP contribution in [0.5, 0.6) is 0 Å². The number of halogens is 4. The lowest BCUT2D eigenvalue weighted by Crippen LogP contribution is -2.39. The molecular formula is C19H30F3IN4. The van der Waals surface area contributed by atoms with Crippen LogP contribution in [0, 0.1) is 0 Å². The van der Waals surface area contributed by atoms with Crippen molar-refractivity contribution in [1.82, 2.24) is 15.1 Å². The van der Waals surface area contributed by atoms with E-state index in [1.807, 2.05) is 11.9 Å². The maximum Gasteiger partial charge on any atom is 0.416 e. The van der Waals surface area contributed by atoms with Gasteiger partial charge in [-0.3, -0.25) is 4.99 Å². The SMILES string of the molecule is CN=C(NCCCCN1CCCC1)N(C)Cc1ccc(C(F)(F)F)cc1.I. The minimum atomic E-state index is -4.29. The summed E-state index contributed by atoms with van der Waals surface area (Å²) in [7, 11) is 3.60. The zero-order valence-electron chi connectivity index (χ0n) is 16.1. The molecule has 1 saturated heterocycles. The fourth-order valence-electron chi connectivity index (χ4n) is 3.20. The van der Waals surface area contributed by atoms with Crippen LogP contribution in [-0.4, -0.2) is 56.0 Å². The number of rotatable bonds is 7. The molecule has 1 N–H and O–H groups in total. The van der Waals surface area contributed by atoms with E-state index in [0.717, 1.165) is 49.6 Å². The maximum absolute atomic E-state index is 12.6. The second-order valence-electron chi connectivity index (χ2n) is 6.78. The lowest BCUT2D eigenvalue weighted by molar-refractivity contribution is -0.137. The van der Waals surface area contributed by atoms with Gasteiger partial charge in [0.2, 0.25) is 0 Å². The fourth-order valence-corrected chi connectivity index (χ4v) is 3.20. The number of nitrogens with one attached hydrogen (secondary N) is 1. The van der Waals surface area contributed by atoms with Crippen molar-refractivity contribution in [1.29, 1.82) is 0 Å². The van der Waals surface area contributed by atoms with Gasteiger partial charge in [0.05, 0.1) is 5.56 Å². The highest BCUT2D eigenvalue weighted by molar-refractivity contribution is 14.0. The molecule has 1 aliphatic rings. The van der Waals surface area contributed by atoms with E-state index in [0.29, 0.717) is 6.54 Å². The second kappa shape index (κ2) is 11.7. The molecule has 8 heteroatoms. The Bertz CT molecular complexity index is 569. The number of guanidine groups is 1. The van der Waals surface area contributed by atoms with E-state index >= 15 is 0 Å². The van der Waals surface area contributed by atoms with Crippen LogP contribution < -0.4 is 5.32 Å². The Balaban J connectivity index is 0.00000364. The molecule has 0 spiro atoms. The third kappa shape index (κ3) is 8.25. The van der Waals surface area contributed by atoms with Crippen LogP contribution in [-0.2, 0) is 12.7 Å². The van der Waals surface area contributed by atoms with Gasteiger partial charge in [-0.05, 0) is 63.0 Å². The van der Waals surface area contributed by atoms with Gasteiger partial charge in [0.1, 0.15) is 0 Å². The number of likely N-dealkylation sites (tertiary alicyclic amines) is 1. The zero-order chi connectivity index (χ0) is 19.0. The molecule has 2 rings (SSSR count). The molecule has 0 amide bonds. The lowest BCUT2D eigenvalue weighted by atomic mass is 10.1. The summed E-state index contributed by atoms with van der Waals surface area (Å²) in [6.45, 7) is 4.96. The number of alkyl halides is 3. The van der Waals surface area contributed by atoms with Gasteiger partial charge in [0.15, 0.2) is 5.96 Å². The molecule has 4 nitrogen and oxygen atoms in total. The molecule has 154 valence electrons. The van der Waals surface area contributed by atoms with Gasteiger partial charge < -0.3 is 15.1 Å². The Kier molecular flexibility index (Phi) is 10.4. The van der Waals surface area contributed by atoms with Crippen LogP contribution in [0.1, 0.15) is 36.8 Å². The molecular weight excluding hydrogens is 468 g/mol. The third-order valence-corrected chi connectivity index (χ3v) is 4.66. The minimum absolute atomic E-state index is 0. The van der Waals surface area contributed by atoms with Crippen LogP contribution in [0.15, 0.2) is 29.3 Å². The summed E-state index contributed by atoms with van der Waals surface area (Å²) in [5.74, 6) is 0.756. The van der Waals surface area contributed by atoms with Crippen LogP contribution in [0.25, 0.3) is 0 Å². The molecule has 0 unspecified atom stereocenters. The van der Waals surface area contributed by atoms with Crippen molar-refractivity contribution in [3.8, 4) is 0 Å². The molecule has 0 aliphatic carbocycles. The van der Waals surface area contributed by atoms with E-state index in [2.05, 4.69) is 15.2 Å². The number of hydrogen-bond donors (Lipinski definition) is 1. The van der Waals surface area contributed by atoms with Crippen LogP contribution in [0.2, 0.25) is 0 Å². The summed E-state index contributed by atoms with van der Waals surface area (Å²) in [5, 5.41) is 3.33. The average Bonchev–Trinajstić information content (AvgIpc) is 3.11. The van der Waals surface area contributed by atoms with Gasteiger partial charge >= 0.3 is 6.18 Å². The number of hydrogen-bond acceptors (Lipinski definition) is 2. The second-order valence-corrected chi connectivity index (χ2v) is 6.78. The van der Waals surface area contributed by atoms with E-state index in [-0.39, 0.29) is 24.0 Å². The Hall–Kier alpha value is -1.03. The van der Waals surface area contributed by atoms with Crippen LogP contribution >= 0.6 is 24.0 Å². The summed E-state index contributed by atoms with van der Waals surface area (Å²) in [5.41, 5.74) is 0.196. The average molecular weight is 498 g/mol. The number of aliphatic imine (C=N–C) groups is 1. The molecule has 27 heavy (non-hydrogen) atoms. The number of benzene rings is 1. The first-order chi connectivity index (χ1) is 12.4. The van der Waals surface area contributed by atoms with Crippen LogP contribution in [0.4, 0.5) is 13.2 Å². The highest BCUT2D eigenvalue weighted by Crippen LogP contribution is 2.29. The third-order valence-electron chi connectivity index (χ3n) is 4.66. The van der Waals surface area contributed by atoms with Crippen molar-refractivity contribution >= 4 is 29.9 Å². The monoisotopic (exact) mass is 498 g/mol. The predicted molar refractivity (Wildman–Crippen MR) is 115 cm³/mol. The fraction of sp³-hybridized carbons (Fsp3) is 0.632. The molecule has 0 bridgehead atoms. The molecule has 1 aromatic carbocycles.